The summed E-state index contributed by atoms with van der Waals surface area (Å²) in [5.41, 5.74) is 6.55. The number of amides is 2. The van der Waals surface area contributed by atoms with Crippen molar-refractivity contribution in [3.63, 3.8) is 0 Å². The Morgan fingerprint density at radius 1 is 1.19 bits per heavy atom. The third-order valence-corrected chi connectivity index (χ3v) is 4.75. The monoisotopic (exact) mass is 293 g/mol. The van der Waals surface area contributed by atoms with Crippen molar-refractivity contribution in [3.05, 3.63) is 11.6 Å². The summed E-state index contributed by atoms with van der Waals surface area (Å²) in [5.74, 6) is 0.427. The molecule has 0 aromatic heterocycles. The van der Waals surface area contributed by atoms with Crippen LogP contribution < -0.4 is 5.73 Å². The summed E-state index contributed by atoms with van der Waals surface area (Å²) >= 11 is 0. The van der Waals surface area contributed by atoms with Gasteiger partial charge >= 0.3 is 0 Å². The average Bonchev–Trinajstić information content (AvgIpc) is 2.89. The molecule has 2 unspecified atom stereocenters. The van der Waals surface area contributed by atoms with Gasteiger partial charge in [0, 0.05) is 26.2 Å². The first-order valence-electron chi connectivity index (χ1n) is 7.68. The SMILES string of the molecule is CC(C)=CC1C(C(=O)N2CCN(CC(N)=O)CC2)C1(C)C. The minimum Gasteiger partial charge on any atom is -0.369 e. The normalized spacial score (nSPS) is 28.1. The van der Waals surface area contributed by atoms with E-state index >= 15 is 0 Å². The molecular weight excluding hydrogens is 266 g/mol. The standard InChI is InChI=1S/C16H27N3O2/c1-11(2)9-12-14(16(12,3)4)15(21)19-7-5-18(6-8-19)10-13(17)20/h9,12,14H,5-8,10H2,1-4H3,(H2,17,20). The zero-order chi connectivity index (χ0) is 15.8. The Kier molecular flexibility index (Phi) is 4.42. The lowest BCUT2D eigenvalue weighted by Gasteiger charge is -2.34. The molecule has 1 saturated heterocycles. The van der Waals surface area contributed by atoms with Crippen molar-refractivity contribution in [2.45, 2.75) is 27.7 Å². The van der Waals surface area contributed by atoms with Gasteiger partial charge in [-0.15, -0.1) is 0 Å². The number of piperazine rings is 1. The number of rotatable bonds is 4. The van der Waals surface area contributed by atoms with Crippen molar-refractivity contribution in [2.24, 2.45) is 23.0 Å². The van der Waals surface area contributed by atoms with E-state index in [2.05, 4.69) is 33.8 Å². The van der Waals surface area contributed by atoms with Gasteiger partial charge in [0.05, 0.1) is 12.5 Å². The Morgan fingerprint density at radius 2 is 1.76 bits per heavy atom. The molecule has 0 bridgehead atoms. The summed E-state index contributed by atoms with van der Waals surface area (Å²) in [7, 11) is 0. The van der Waals surface area contributed by atoms with Crippen molar-refractivity contribution >= 4 is 11.8 Å². The molecule has 2 aliphatic rings. The molecule has 0 aromatic carbocycles. The number of primary amides is 1. The number of hydrogen-bond donors (Lipinski definition) is 1. The van der Waals surface area contributed by atoms with Gasteiger partial charge in [0.1, 0.15) is 0 Å². The van der Waals surface area contributed by atoms with Gasteiger partial charge in [0.2, 0.25) is 11.8 Å². The molecule has 2 atom stereocenters. The highest BCUT2D eigenvalue weighted by Gasteiger charge is 2.61. The first-order valence-corrected chi connectivity index (χ1v) is 7.68. The molecule has 2 amide bonds. The molecule has 0 radical (unpaired) electrons. The van der Waals surface area contributed by atoms with Crippen LogP contribution in [0.3, 0.4) is 0 Å². The molecule has 1 aliphatic heterocycles. The fourth-order valence-corrected chi connectivity index (χ4v) is 3.36. The summed E-state index contributed by atoms with van der Waals surface area (Å²) in [5, 5.41) is 0. The van der Waals surface area contributed by atoms with Crippen LogP contribution in [0.15, 0.2) is 11.6 Å². The number of nitrogens with two attached hydrogens (primary N) is 1. The van der Waals surface area contributed by atoms with Crippen molar-refractivity contribution in [1.29, 1.82) is 0 Å². The molecule has 1 saturated carbocycles. The van der Waals surface area contributed by atoms with Crippen molar-refractivity contribution in [1.82, 2.24) is 9.80 Å². The maximum absolute atomic E-state index is 12.7. The van der Waals surface area contributed by atoms with Gasteiger partial charge in [-0.25, -0.2) is 0 Å². The highest BCUT2D eigenvalue weighted by atomic mass is 16.2. The van der Waals surface area contributed by atoms with E-state index in [4.69, 9.17) is 5.73 Å². The third-order valence-electron chi connectivity index (χ3n) is 4.75. The summed E-state index contributed by atoms with van der Waals surface area (Å²) in [6, 6.07) is 0. The predicted octanol–water partition coefficient (Wildman–Crippen LogP) is 0.854. The first kappa shape index (κ1) is 16.0. The molecule has 21 heavy (non-hydrogen) atoms. The number of nitrogens with zero attached hydrogens (tertiary/aromatic N) is 2. The van der Waals surface area contributed by atoms with Gasteiger partial charge < -0.3 is 10.6 Å². The van der Waals surface area contributed by atoms with Crippen LogP contribution in [0.2, 0.25) is 0 Å². The van der Waals surface area contributed by atoms with E-state index < -0.39 is 0 Å². The van der Waals surface area contributed by atoms with Crippen LogP contribution in [0, 0.1) is 17.3 Å². The Balaban J connectivity index is 1.91. The minimum atomic E-state index is -0.304. The molecular formula is C16H27N3O2. The highest BCUT2D eigenvalue weighted by molar-refractivity contribution is 5.84. The molecule has 118 valence electrons. The summed E-state index contributed by atoms with van der Waals surface area (Å²) in [4.78, 5) is 27.6. The summed E-state index contributed by atoms with van der Waals surface area (Å²) < 4.78 is 0. The second-order valence-corrected chi connectivity index (χ2v) is 7.14. The topological polar surface area (TPSA) is 66.6 Å². The zero-order valence-corrected chi connectivity index (χ0v) is 13.6. The number of allylic oxidation sites excluding steroid dienone is 2. The van der Waals surface area contributed by atoms with E-state index in [1.54, 1.807) is 0 Å². The predicted molar refractivity (Wildman–Crippen MR) is 82.4 cm³/mol. The van der Waals surface area contributed by atoms with E-state index in [0.29, 0.717) is 19.0 Å². The molecule has 5 nitrogen and oxygen atoms in total. The van der Waals surface area contributed by atoms with E-state index in [0.717, 1.165) is 13.1 Å². The maximum atomic E-state index is 12.7. The second-order valence-electron chi connectivity index (χ2n) is 7.14. The lowest BCUT2D eigenvalue weighted by atomic mass is 10.1. The minimum absolute atomic E-state index is 0.0682. The van der Waals surface area contributed by atoms with Crippen LogP contribution in [0.5, 0.6) is 0 Å². The third kappa shape index (κ3) is 3.46. The number of hydrogen-bond acceptors (Lipinski definition) is 3. The van der Waals surface area contributed by atoms with Gasteiger partial charge in [-0.3, -0.25) is 14.5 Å². The van der Waals surface area contributed by atoms with Gasteiger partial charge in [0.25, 0.3) is 0 Å². The zero-order valence-electron chi connectivity index (χ0n) is 13.6. The highest BCUT2D eigenvalue weighted by Crippen LogP contribution is 2.60. The average molecular weight is 293 g/mol. The van der Waals surface area contributed by atoms with Gasteiger partial charge in [-0.1, -0.05) is 25.5 Å². The molecule has 0 spiro atoms. The largest absolute Gasteiger partial charge is 0.369 e. The van der Waals surface area contributed by atoms with E-state index in [9.17, 15) is 9.59 Å². The van der Waals surface area contributed by atoms with Crippen LogP contribution in [0.25, 0.3) is 0 Å². The summed E-state index contributed by atoms with van der Waals surface area (Å²) in [6.45, 7) is 11.6. The molecule has 1 heterocycles. The molecule has 1 aliphatic carbocycles. The quantitative estimate of drug-likeness (QED) is 0.782. The lowest BCUT2D eigenvalue weighted by Crippen LogP contribution is -2.51. The van der Waals surface area contributed by atoms with E-state index in [1.165, 1.54) is 5.57 Å². The fraction of sp³-hybridized carbons (Fsp3) is 0.750. The van der Waals surface area contributed by atoms with Gasteiger partial charge in [0.15, 0.2) is 0 Å². The van der Waals surface area contributed by atoms with Crippen molar-refractivity contribution in [2.75, 3.05) is 32.7 Å². The first-order chi connectivity index (χ1) is 9.73. The van der Waals surface area contributed by atoms with Crippen LogP contribution in [0.1, 0.15) is 27.7 Å². The van der Waals surface area contributed by atoms with Crippen LogP contribution in [-0.4, -0.2) is 54.3 Å². The molecule has 2 N–H and O–H groups in total. The smallest absolute Gasteiger partial charge is 0.231 e. The Morgan fingerprint density at radius 3 is 2.24 bits per heavy atom. The maximum Gasteiger partial charge on any atom is 0.231 e. The molecule has 2 fully saturated rings. The Hall–Kier alpha value is -1.36. The van der Waals surface area contributed by atoms with Crippen molar-refractivity contribution < 1.29 is 9.59 Å². The van der Waals surface area contributed by atoms with Crippen LogP contribution in [0.4, 0.5) is 0 Å². The fourth-order valence-electron chi connectivity index (χ4n) is 3.36. The Bertz CT molecular complexity index is 458. The number of carbonyl (C=O) groups excluding carboxylic acids is 2. The van der Waals surface area contributed by atoms with Gasteiger partial charge in [-0.05, 0) is 25.2 Å². The van der Waals surface area contributed by atoms with Crippen LogP contribution in [-0.2, 0) is 9.59 Å². The van der Waals surface area contributed by atoms with Gasteiger partial charge in [-0.2, -0.15) is 0 Å². The Labute approximate surface area is 127 Å². The molecule has 2 rings (SSSR count). The summed E-state index contributed by atoms with van der Waals surface area (Å²) in [6.07, 6.45) is 2.23. The van der Waals surface area contributed by atoms with E-state index in [-0.39, 0.29) is 29.7 Å². The van der Waals surface area contributed by atoms with Crippen LogP contribution >= 0.6 is 0 Å². The van der Waals surface area contributed by atoms with Crippen molar-refractivity contribution in [3.8, 4) is 0 Å². The van der Waals surface area contributed by atoms with E-state index in [1.807, 2.05) is 9.80 Å². The lowest BCUT2D eigenvalue weighted by molar-refractivity contribution is -0.135. The second kappa shape index (κ2) is 5.79. The molecule has 0 aromatic rings. The number of carbonyl (C=O) groups is 2. The molecule has 5 heteroatoms.